The number of carbonyl (C=O) groups is 5. The molecule has 2 aliphatic heterocycles. The van der Waals surface area contributed by atoms with Crippen LogP contribution < -0.4 is 0 Å². The van der Waals surface area contributed by atoms with Crippen LogP contribution in [0.25, 0.3) is 0 Å². The quantitative estimate of drug-likeness (QED) is 0.375. The third kappa shape index (κ3) is 4.28. The van der Waals surface area contributed by atoms with Crippen molar-refractivity contribution in [1.29, 1.82) is 0 Å². The number of esters is 3. The fourth-order valence-electron chi connectivity index (χ4n) is 3.71. The van der Waals surface area contributed by atoms with E-state index in [1.54, 1.807) is 12.1 Å². The average molecular weight is 435 g/mol. The first-order chi connectivity index (χ1) is 14.6. The second kappa shape index (κ2) is 8.82. The number of aliphatic hydroxyl groups excluding tert-OH is 1. The molecule has 1 saturated heterocycles. The normalized spacial score (nSPS) is 27.5. The van der Waals surface area contributed by atoms with Gasteiger partial charge in [-0.3, -0.25) is 28.9 Å². The highest BCUT2D eigenvalue weighted by Crippen LogP contribution is 2.35. The summed E-state index contributed by atoms with van der Waals surface area (Å²) in [5, 5.41) is 9.73. The van der Waals surface area contributed by atoms with Crippen molar-refractivity contribution in [2.75, 3.05) is 6.61 Å². The highest BCUT2D eigenvalue weighted by molar-refractivity contribution is 6.21. The summed E-state index contributed by atoms with van der Waals surface area (Å²) in [5.74, 6) is -3.86. The minimum absolute atomic E-state index is 0.101. The Morgan fingerprint density at radius 2 is 1.39 bits per heavy atom. The Morgan fingerprint density at radius 3 is 1.84 bits per heavy atom. The lowest BCUT2D eigenvalue weighted by atomic mass is 9.95. The molecule has 0 unspecified atom stereocenters. The van der Waals surface area contributed by atoms with Crippen LogP contribution in [0.2, 0.25) is 0 Å². The van der Waals surface area contributed by atoms with Gasteiger partial charge < -0.3 is 24.1 Å². The number of aliphatic hydroxyl groups is 1. The van der Waals surface area contributed by atoms with E-state index in [1.165, 1.54) is 12.1 Å². The van der Waals surface area contributed by atoms with E-state index in [0.29, 0.717) is 0 Å². The molecule has 0 aliphatic carbocycles. The summed E-state index contributed by atoms with van der Waals surface area (Å²) in [7, 11) is 0. The molecule has 0 radical (unpaired) electrons. The summed E-state index contributed by atoms with van der Waals surface area (Å²) in [6.07, 6.45) is -5.71. The van der Waals surface area contributed by atoms with Crippen LogP contribution in [0.15, 0.2) is 24.3 Å². The van der Waals surface area contributed by atoms with Crippen LogP contribution >= 0.6 is 0 Å². The number of carbonyl (C=O) groups excluding carboxylic acids is 5. The van der Waals surface area contributed by atoms with Crippen LogP contribution in [0.4, 0.5) is 0 Å². The molecule has 0 aromatic heterocycles. The van der Waals surface area contributed by atoms with Gasteiger partial charge in [0.15, 0.2) is 12.2 Å². The zero-order chi connectivity index (χ0) is 22.9. The third-order valence-electron chi connectivity index (χ3n) is 4.80. The number of imide groups is 1. The van der Waals surface area contributed by atoms with Crippen LogP contribution in [-0.4, -0.2) is 77.0 Å². The van der Waals surface area contributed by atoms with Crippen molar-refractivity contribution < 1.29 is 48.0 Å². The molecule has 3 rings (SSSR count). The van der Waals surface area contributed by atoms with Crippen molar-refractivity contribution in [1.82, 2.24) is 4.90 Å². The van der Waals surface area contributed by atoms with Crippen LogP contribution in [0.1, 0.15) is 41.5 Å². The highest BCUT2D eigenvalue weighted by Gasteiger charge is 2.57. The Kier molecular flexibility index (Phi) is 6.37. The molecule has 5 atom stereocenters. The van der Waals surface area contributed by atoms with Gasteiger partial charge in [0.25, 0.3) is 11.8 Å². The molecule has 1 aromatic carbocycles. The molecule has 2 amide bonds. The molecule has 1 fully saturated rings. The number of benzene rings is 1. The monoisotopic (exact) mass is 435 g/mol. The fraction of sp³-hybridized carbons (Fsp3) is 0.450. The molecule has 2 aliphatic rings. The smallest absolute Gasteiger partial charge is 0.305 e. The van der Waals surface area contributed by atoms with Gasteiger partial charge in [-0.1, -0.05) is 12.1 Å². The summed E-state index contributed by atoms with van der Waals surface area (Å²) in [5.41, 5.74) is 0.202. The van der Waals surface area contributed by atoms with E-state index in [0.717, 1.165) is 25.7 Å². The first-order valence-corrected chi connectivity index (χ1v) is 9.40. The first kappa shape index (κ1) is 22.4. The van der Waals surface area contributed by atoms with Gasteiger partial charge >= 0.3 is 17.9 Å². The van der Waals surface area contributed by atoms with Crippen molar-refractivity contribution in [2.24, 2.45) is 0 Å². The summed E-state index contributed by atoms with van der Waals surface area (Å²) in [6.45, 7) is 2.56. The van der Waals surface area contributed by atoms with Gasteiger partial charge in [-0.25, -0.2) is 0 Å². The summed E-state index contributed by atoms with van der Waals surface area (Å²) in [6, 6.07) is 4.55. The molecule has 11 heteroatoms. The maximum absolute atomic E-state index is 13.1. The van der Waals surface area contributed by atoms with Crippen molar-refractivity contribution in [3.8, 4) is 0 Å². The van der Waals surface area contributed by atoms with Gasteiger partial charge in [0.05, 0.1) is 17.7 Å². The van der Waals surface area contributed by atoms with Gasteiger partial charge in [0.2, 0.25) is 6.29 Å². The molecule has 31 heavy (non-hydrogen) atoms. The van der Waals surface area contributed by atoms with E-state index >= 15 is 0 Å². The number of ether oxygens (including phenoxy) is 4. The number of fused-ring (bicyclic) bond motifs is 1. The Balaban J connectivity index is 2.11. The molecule has 1 aromatic rings. The van der Waals surface area contributed by atoms with Crippen molar-refractivity contribution in [2.45, 2.75) is 51.4 Å². The Labute approximate surface area is 176 Å². The van der Waals surface area contributed by atoms with E-state index in [9.17, 15) is 29.1 Å². The summed E-state index contributed by atoms with van der Waals surface area (Å²) in [4.78, 5) is 62.1. The average Bonchev–Trinajstić information content (AvgIpc) is 2.94. The third-order valence-corrected chi connectivity index (χ3v) is 4.80. The van der Waals surface area contributed by atoms with Crippen LogP contribution in [-0.2, 0) is 33.3 Å². The van der Waals surface area contributed by atoms with Crippen molar-refractivity contribution in [3.05, 3.63) is 35.4 Å². The first-order valence-electron chi connectivity index (χ1n) is 9.40. The second-order valence-electron chi connectivity index (χ2n) is 7.00. The van der Waals surface area contributed by atoms with Crippen molar-refractivity contribution >= 4 is 29.7 Å². The molecule has 2 heterocycles. The molecule has 0 saturated carbocycles. The second-order valence-corrected chi connectivity index (χ2v) is 7.00. The van der Waals surface area contributed by atoms with E-state index in [-0.39, 0.29) is 11.1 Å². The fourth-order valence-corrected chi connectivity index (χ4v) is 3.71. The van der Waals surface area contributed by atoms with Crippen LogP contribution in [0, 0.1) is 0 Å². The predicted octanol–water partition coefficient (Wildman–Crippen LogP) is -0.205. The molecule has 11 nitrogen and oxygen atoms in total. The standard InChI is InChI=1S/C20H21NO10/c1-9(23)28-16-14(8-22)31-20(30-11(3)25)15(17(16)29-10(2)24)21-18(26)12-6-4-5-7-13(12)19(21)27/h4-7,14-17,20,22H,8H2,1-3H3/t14-,15-,16-,17-,20-/m1/s1. The van der Waals surface area contributed by atoms with Crippen molar-refractivity contribution in [3.63, 3.8) is 0 Å². The molecule has 0 bridgehead atoms. The maximum Gasteiger partial charge on any atom is 0.305 e. The lowest BCUT2D eigenvalue weighted by Gasteiger charge is -2.46. The Bertz CT molecular complexity index is 893. The van der Waals surface area contributed by atoms with Gasteiger partial charge in [-0.05, 0) is 12.1 Å². The predicted molar refractivity (Wildman–Crippen MR) is 99.4 cm³/mol. The molecular weight excluding hydrogens is 414 g/mol. The van der Waals surface area contributed by atoms with Gasteiger partial charge in [-0.2, -0.15) is 0 Å². The van der Waals surface area contributed by atoms with Gasteiger partial charge in [0.1, 0.15) is 12.1 Å². The van der Waals surface area contributed by atoms with E-state index in [4.69, 9.17) is 18.9 Å². The van der Waals surface area contributed by atoms with Crippen LogP contribution in [0.3, 0.4) is 0 Å². The van der Waals surface area contributed by atoms with E-state index in [2.05, 4.69) is 0 Å². The number of amides is 2. The topological polar surface area (TPSA) is 146 Å². The molecule has 0 spiro atoms. The number of hydrogen-bond acceptors (Lipinski definition) is 10. The molecular formula is C20H21NO10. The minimum atomic E-state index is -1.59. The van der Waals surface area contributed by atoms with Gasteiger partial charge in [-0.15, -0.1) is 0 Å². The van der Waals surface area contributed by atoms with E-state index in [1.807, 2.05) is 0 Å². The molecule has 1 N–H and O–H groups in total. The van der Waals surface area contributed by atoms with Crippen LogP contribution in [0.5, 0.6) is 0 Å². The zero-order valence-corrected chi connectivity index (χ0v) is 17.0. The largest absolute Gasteiger partial charge is 0.456 e. The summed E-state index contributed by atoms with van der Waals surface area (Å²) < 4.78 is 21.3. The Hall–Kier alpha value is -3.31. The number of hydrogen-bond donors (Lipinski definition) is 1. The molecule has 166 valence electrons. The summed E-state index contributed by atoms with van der Waals surface area (Å²) >= 11 is 0. The number of nitrogens with zero attached hydrogens (tertiary/aromatic N) is 1. The maximum atomic E-state index is 13.1. The minimum Gasteiger partial charge on any atom is -0.456 e. The Morgan fingerprint density at radius 1 is 0.903 bits per heavy atom. The number of rotatable bonds is 5. The lowest BCUT2D eigenvalue weighted by Crippen LogP contribution is -2.67. The lowest BCUT2D eigenvalue weighted by molar-refractivity contribution is -0.277. The SMILES string of the molecule is CC(=O)O[C@@H]1O[C@H](CO)[C@@H](OC(C)=O)[C@H](OC(C)=O)[C@H]1N1C(=O)c2ccccc2C1=O. The highest BCUT2D eigenvalue weighted by atomic mass is 16.7. The van der Waals surface area contributed by atoms with Gasteiger partial charge in [0, 0.05) is 20.8 Å². The van der Waals surface area contributed by atoms with E-state index < -0.39 is 67.0 Å². The zero-order valence-electron chi connectivity index (χ0n) is 17.0.